The number of hydrogen-bond acceptors (Lipinski definition) is 3. The van der Waals surface area contributed by atoms with E-state index in [1.54, 1.807) is 12.1 Å². The predicted octanol–water partition coefficient (Wildman–Crippen LogP) is 2.79. The molecule has 1 aliphatic heterocycles. The van der Waals surface area contributed by atoms with Gasteiger partial charge < -0.3 is 14.7 Å². The molecule has 0 aliphatic carbocycles. The fourth-order valence-corrected chi connectivity index (χ4v) is 2.23. The molecule has 1 aliphatic rings. The van der Waals surface area contributed by atoms with Gasteiger partial charge in [0.05, 0.1) is 12.2 Å². The Morgan fingerprint density at radius 3 is 2.78 bits per heavy atom. The molecular weight excluding hydrogens is 226 g/mol. The van der Waals surface area contributed by atoms with E-state index in [9.17, 15) is 5.11 Å². The minimum absolute atomic E-state index is 0.246. The third kappa shape index (κ3) is 2.12. The summed E-state index contributed by atoms with van der Waals surface area (Å²) in [5, 5.41) is 9.47. The highest BCUT2D eigenvalue weighted by molar-refractivity contribution is 5.62. The van der Waals surface area contributed by atoms with Crippen LogP contribution in [0.25, 0.3) is 0 Å². The molecule has 3 rings (SSSR count). The van der Waals surface area contributed by atoms with E-state index in [2.05, 4.69) is 17.0 Å². The summed E-state index contributed by atoms with van der Waals surface area (Å²) < 4.78 is 5.57. The molecular formula is C15H15NO2. The normalized spacial score (nSPS) is 13.9. The molecule has 3 nitrogen and oxygen atoms in total. The maximum Gasteiger partial charge on any atom is 0.146 e. The van der Waals surface area contributed by atoms with Gasteiger partial charge in [-0.3, -0.25) is 0 Å². The first-order valence-corrected chi connectivity index (χ1v) is 6.07. The van der Waals surface area contributed by atoms with Gasteiger partial charge in [0.25, 0.3) is 0 Å². The monoisotopic (exact) mass is 241 g/mol. The van der Waals surface area contributed by atoms with Crippen molar-refractivity contribution in [3.63, 3.8) is 0 Å². The molecule has 3 heteroatoms. The molecule has 1 N–H and O–H groups in total. The molecule has 0 saturated heterocycles. The number of fused-ring (bicyclic) bond motifs is 1. The number of anilines is 1. The molecule has 92 valence electrons. The third-order valence-corrected chi connectivity index (χ3v) is 3.12. The lowest BCUT2D eigenvalue weighted by molar-refractivity contribution is 0.305. The number of nitrogens with zero attached hydrogens (tertiary/aromatic N) is 1. The summed E-state index contributed by atoms with van der Waals surface area (Å²) in [6.07, 6.45) is 0. The maximum atomic E-state index is 9.47. The predicted molar refractivity (Wildman–Crippen MR) is 71.1 cm³/mol. The minimum atomic E-state index is 0.246. The van der Waals surface area contributed by atoms with Crippen LogP contribution in [0.5, 0.6) is 11.5 Å². The lowest BCUT2D eigenvalue weighted by Crippen LogP contribution is -2.32. The average Bonchev–Trinajstić information content (AvgIpc) is 2.40. The first kappa shape index (κ1) is 11.0. The summed E-state index contributed by atoms with van der Waals surface area (Å²) in [5.41, 5.74) is 2.32. The molecule has 18 heavy (non-hydrogen) atoms. The molecule has 2 aromatic rings. The highest BCUT2D eigenvalue weighted by Crippen LogP contribution is 2.35. The Balaban J connectivity index is 1.87. The number of phenolic OH excluding ortho intramolecular Hbond substituents is 1. The summed E-state index contributed by atoms with van der Waals surface area (Å²) in [4.78, 5) is 2.27. The standard InChI is InChI=1S/C15H15NO2/c17-13-6-7-14-15(10-13)18-9-8-16(14)11-12-4-2-1-3-5-12/h1-7,10,17H,8-9,11H2. The zero-order valence-electron chi connectivity index (χ0n) is 10.0. The first-order chi connectivity index (χ1) is 8.83. The quantitative estimate of drug-likeness (QED) is 0.877. The molecule has 0 aromatic heterocycles. The number of phenols is 1. The third-order valence-electron chi connectivity index (χ3n) is 3.12. The van der Waals surface area contributed by atoms with E-state index >= 15 is 0 Å². The Morgan fingerprint density at radius 1 is 1.11 bits per heavy atom. The number of hydrogen-bond donors (Lipinski definition) is 1. The van der Waals surface area contributed by atoms with Crippen molar-refractivity contribution in [3.05, 3.63) is 54.1 Å². The molecule has 0 fully saturated rings. The first-order valence-electron chi connectivity index (χ1n) is 6.07. The molecule has 0 radical (unpaired) electrons. The lowest BCUT2D eigenvalue weighted by Gasteiger charge is -2.31. The average molecular weight is 241 g/mol. The van der Waals surface area contributed by atoms with Crippen molar-refractivity contribution < 1.29 is 9.84 Å². The van der Waals surface area contributed by atoms with Gasteiger partial charge in [-0.1, -0.05) is 30.3 Å². The summed E-state index contributed by atoms with van der Waals surface area (Å²) in [6.45, 7) is 2.39. The van der Waals surface area contributed by atoms with E-state index in [-0.39, 0.29) is 5.75 Å². The molecule has 2 aromatic carbocycles. The van der Waals surface area contributed by atoms with Gasteiger partial charge in [0, 0.05) is 12.6 Å². The number of rotatable bonds is 2. The molecule has 0 unspecified atom stereocenters. The number of aromatic hydroxyl groups is 1. The molecule has 0 atom stereocenters. The Morgan fingerprint density at radius 2 is 1.94 bits per heavy atom. The van der Waals surface area contributed by atoms with Crippen molar-refractivity contribution >= 4 is 5.69 Å². The van der Waals surface area contributed by atoms with Crippen molar-refractivity contribution in [1.29, 1.82) is 0 Å². The Kier molecular flexibility index (Phi) is 2.81. The smallest absolute Gasteiger partial charge is 0.146 e. The highest BCUT2D eigenvalue weighted by atomic mass is 16.5. The van der Waals surface area contributed by atoms with Crippen LogP contribution in [0, 0.1) is 0 Å². The Labute approximate surface area is 106 Å². The van der Waals surface area contributed by atoms with Crippen molar-refractivity contribution in [1.82, 2.24) is 0 Å². The van der Waals surface area contributed by atoms with Crippen LogP contribution >= 0.6 is 0 Å². The molecule has 0 bridgehead atoms. The fourth-order valence-electron chi connectivity index (χ4n) is 2.23. The van der Waals surface area contributed by atoms with Crippen LogP contribution in [-0.4, -0.2) is 18.3 Å². The van der Waals surface area contributed by atoms with E-state index in [1.165, 1.54) is 5.56 Å². The van der Waals surface area contributed by atoms with E-state index in [0.717, 1.165) is 24.5 Å². The van der Waals surface area contributed by atoms with Crippen LogP contribution in [0.1, 0.15) is 5.56 Å². The van der Waals surface area contributed by atoms with Gasteiger partial charge >= 0.3 is 0 Å². The van der Waals surface area contributed by atoms with Gasteiger partial charge in [-0.2, -0.15) is 0 Å². The van der Waals surface area contributed by atoms with E-state index in [1.807, 2.05) is 24.3 Å². The largest absolute Gasteiger partial charge is 0.508 e. The van der Waals surface area contributed by atoms with Crippen LogP contribution in [0.3, 0.4) is 0 Å². The summed E-state index contributed by atoms with van der Waals surface area (Å²) in [5.74, 6) is 1.01. The second-order valence-corrected chi connectivity index (χ2v) is 4.41. The van der Waals surface area contributed by atoms with Crippen LogP contribution in [0.4, 0.5) is 5.69 Å². The van der Waals surface area contributed by atoms with E-state index in [4.69, 9.17) is 4.74 Å². The van der Waals surface area contributed by atoms with Crippen molar-refractivity contribution in [2.24, 2.45) is 0 Å². The van der Waals surface area contributed by atoms with Gasteiger partial charge in [0.1, 0.15) is 18.1 Å². The Bertz CT molecular complexity index is 539. The summed E-state index contributed by atoms with van der Waals surface area (Å²) in [7, 11) is 0. The second kappa shape index (κ2) is 4.61. The number of benzene rings is 2. The maximum absolute atomic E-state index is 9.47. The van der Waals surface area contributed by atoms with Gasteiger partial charge in [0.2, 0.25) is 0 Å². The van der Waals surface area contributed by atoms with Gasteiger partial charge in [-0.05, 0) is 17.7 Å². The van der Waals surface area contributed by atoms with Crippen LogP contribution < -0.4 is 9.64 Å². The summed E-state index contributed by atoms with van der Waals surface area (Å²) >= 11 is 0. The Hall–Kier alpha value is -2.16. The molecule has 0 spiro atoms. The summed E-state index contributed by atoms with van der Waals surface area (Å²) in [6, 6.07) is 15.6. The molecule has 0 saturated carbocycles. The minimum Gasteiger partial charge on any atom is -0.508 e. The molecule has 1 heterocycles. The SMILES string of the molecule is Oc1ccc2c(c1)OCCN2Cc1ccccc1. The van der Waals surface area contributed by atoms with Crippen LogP contribution in [0.2, 0.25) is 0 Å². The number of ether oxygens (including phenoxy) is 1. The highest BCUT2D eigenvalue weighted by Gasteiger charge is 2.18. The zero-order chi connectivity index (χ0) is 12.4. The van der Waals surface area contributed by atoms with Crippen molar-refractivity contribution in [2.75, 3.05) is 18.1 Å². The van der Waals surface area contributed by atoms with Gasteiger partial charge in [0.15, 0.2) is 0 Å². The zero-order valence-corrected chi connectivity index (χ0v) is 10.0. The lowest BCUT2D eigenvalue weighted by atomic mass is 10.1. The van der Waals surface area contributed by atoms with Gasteiger partial charge in [-0.15, -0.1) is 0 Å². The van der Waals surface area contributed by atoms with E-state index in [0.29, 0.717) is 6.61 Å². The van der Waals surface area contributed by atoms with Crippen LogP contribution in [-0.2, 0) is 6.54 Å². The van der Waals surface area contributed by atoms with E-state index < -0.39 is 0 Å². The fraction of sp³-hybridized carbons (Fsp3) is 0.200. The van der Waals surface area contributed by atoms with Gasteiger partial charge in [-0.25, -0.2) is 0 Å². The second-order valence-electron chi connectivity index (χ2n) is 4.41. The van der Waals surface area contributed by atoms with Crippen molar-refractivity contribution in [2.45, 2.75) is 6.54 Å². The topological polar surface area (TPSA) is 32.7 Å². The van der Waals surface area contributed by atoms with Crippen molar-refractivity contribution in [3.8, 4) is 11.5 Å². The molecule has 0 amide bonds. The van der Waals surface area contributed by atoms with Crippen LogP contribution in [0.15, 0.2) is 48.5 Å².